The number of carbonyl (C=O) groups is 3. The molecule has 12 heteroatoms. The van der Waals surface area contributed by atoms with E-state index >= 15 is 0 Å². The number of hydrogen-bond acceptors (Lipinski definition) is 12. The van der Waals surface area contributed by atoms with Gasteiger partial charge in [0.25, 0.3) is 0 Å². The molecular weight excluding hydrogens is 456 g/mol. The Balaban J connectivity index is 1.73. The molecule has 188 valence electrons. The average Bonchev–Trinajstić information content (AvgIpc) is 2.83. The van der Waals surface area contributed by atoms with Gasteiger partial charge in [-0.2, -0.15) is 0 Å². The first-order chi connectivity index (χ1) is 16.1. The second-order valence-electron chi connectivity index (χ2n) is 7.33. The van der Waals surface area contributed by atoms with Gasteiger partial charge in [0.15, 0.2) is 6.29 Å². The quantitative estimate of drug-likeness (QED) is 0.130. The van der Waals surface area contributed by atoms with E-state index in [9.17, 15) is 29.7 Å². The van der Waals surface area contributed by atoms with E-state index in [2.05, 4.69) is 6.58 Å². The van der Waals surface area contributed by atoms with Crippen LogP contribution in [0, 0.1) is 0 Å². The topological polar surface area (TPSA) is 178 Å². The van der Waals surface area contributed by atoms with E-state index < -0.39 is 55.2 Å². The third kappa shape index (κ3) is 7.58. The lowest BCUT2D eigenvalue weighted by molar-refractivity contribution is -0.302. The second-order valence-corrected chi connectivity index (χ2v) is 7.33. The van der Waals surface area contributed by atoms with Crippen molar-refractivity contribution in [2.45, 2.75) is 37.6 Å². The number of aliphatic hydroxyl groups excluding tert-OH is 4. The lowest BCUT2D eigenvalue weighted by atomic mass is 9.99. The fourth-order valence-corrected chi connectivity index (χ4v) is 2.80. The van der Waals surface area contributed by atoms with Crippen LogP contribution in [0.4, 0.5) is 0 Å². The zero-order valence-corrected chi connectivity index (χ0v) is 18.5. The Bertz CT molecular complexity index is 850. The molecule has 0 aliphatic carbocycles. The minimum absolute atomic E-state index is 0.118. The summed E-state index contributed by atoms with van der Waals surface area (Å²) >= 11 is 0. The van der Waals surface area contributed by atoms with E-state index in [-0.39, 0.29) is 43.1 Å². The van der Waals surface area contributed by atoms with Gasteiger partial charge in [0.1, 0.15) is 44.2 Å². The molecule has 1 heterocycles. The summed E-state index contributed by atoms with van der Waals surface area (Å²) in [7, 11) is 0. The van der Waals surface area contributed by atoms with Crippen molar-refractivity contribution in [1.82, 2.24) is 0 Å². The van der Waals surface area contributed by atoms with Crippen LogP contribution in [0.1, 0.15) is 27.6 Å². The molecule has 0 radical (unpaired) electrons. The minimum atomic E-state index is -1.57. The number of esters is 3. The summed E-state index contributed by atoms with van der Waals surface area (Å²) in [5, 5.41) is 38.5. The fraction of sp³-hybridized carbons (Fsp3) is 0.500. The summed E-state index contributed by atoms with van der Waals surface area (Å²) in [5.74, 6) is -1.96. The number of carbonyl (C=O) groups excluding carboxylic acids is 3. The van der Waals surface area contributed by atoms with Gasteiger partial charge in [0, 0.05) is 5.57 Å². The number of hydrogen-bond donors (Lipinski definition) is 4. The zero-order chi connectivity index (χ0) is 25.3. The Kier molecular flexibility index (Phi) is 10.6. The monoisotopic (exact) mass is 484 g/mol. The van der Waals surface area contributed by atoms with Gasteiger partial charge in [-0.3, -0.25) is 0 Å². The van der Waals surface area contributed by atoms with E-state index in [1.165, 1.54) is 31.2 Å². The standard InChI is InChI=1S/C22H28O12/c1-12(2)19(27)30-7-8-31-20(28)13-3-5-14(6-4-13)21(29)32-9-10-33-22-18(26)17(25)16(24)15(11-23)34-22/h3-6,15-18,22-26H,1,7-11H2,2H3/t15?,16-,17?,18?,22+/m1/s1. The predicted octanol–water partition coefficient (Wildman–Crippen LogP) is -1.06. The third-order valence-electron chi connectivity index (χ3n) is 4.70. The molecule has 0 amide bonds. The van der Waals surface area contributed by atoms with Crippen LogP contribution in [-0.2, 0) is 28.5 Å². The van der Waals surface area contributed by atoms with Gasteiger partial charge in [0.2, 0.25) is 0 Å². The molecule has 1 aliphatic heterocycles. The smallest absolute Gasteiger partial charge is 0.338 e. The maximum Gasteiger partial charge on any atom is 0.338 e. The van der Waals surface area contributed by atoms with Crippen LogP contribution in [0.5, 0.6) is 0 Å². The molecular formula is C22H28O12. The number of aliphatic hydroxyl groups is 4. The van der Waals surface area contributed by atoms with E-state index in [0.717, 1.165) is 0 Å². The summed E-state index contributed by atoms with van der Waals surface area (Å²) in [6.45, 7) is 3.65. The van der Waals surface area contributed by atoms with Gasteiger partial charge in [-0.15, -0.1) is 0 Å². The lowest BCUT2D eigenvalue weighted by Gasteiger charge is -2.39. The molecule has 0 spiro atoms. The molecule has 0 saturated carbocycles. The summed E-state index contributed by atoms with van der Waals surface area (Å²) in [6, 6.07) is 5.45. The Labute approximate surface area is 195 Å². The number of rotatable bonds is 11. The van der Waals surface area contributed by atoms with E-state index in [1.807, 2.05) is 0 Å². The highest BCUT2D eigenvalue weighted by Crippen LogP contribution is 2.21. The van der Waals surface area contributed by atoms with Crippen molar-refractivity contribution < 1.29 is 58.5 Å². The minimum Gasteiger partial charge on any atom is -0.460 e. The van der Waals surface area contributed by atoms with Crippen molar-refractivity contribution in [3.05, 3.63) is 47.5 Å². The van der Waals surface area contributed by atoms with Gasteiger partial charge < -0.3 is 44.1 Å². The first kappa shape index (κ1) is 27.4. The van der Waals surface area contributed by atoms with E-state index in [4.69, 9.17) is 28.8 Å². The van der Waals surface area contributed by atoms with Crippen molar-refractivity contribution >= 4 is 17.9 Å². The van der Waals surface area contributed by atoms with Crippen LogP contribution in [0.15, 0.2) is 36.4 Å². The molecule has 1 saturated heterocycles. The zero-order valence-electron chi connectivity index (χ0n) is 18.5. The highest BCUT2D eigenvalue weighted by Gasteiger charge is 2.43. The molecule has 4 N–H and O–H groups in total. The maximum absolute atomic E-state index is 12.1. The molecule has 5 atom stereocenters. The Morgan fingerprint density at radius 3 is 1.85 bits per heavy atom. The summed E-state index contributed by atoms with van der Waals surface area (Å²) in [6.07, 6.45) is -7.07. The number of benzene rings is 1. The normalized spacial score (nSPS) is 24.2. The Morgan fingerprint density at radius 2 is 1.35 bits per heavy atom. The van der Waals surface area contributed by atoms with Crippen LogP contribution in [0.25, 0.3) is 0 Å². The fourth-order valence-electron chi connectivity index (χ4n) is 2.80. The molecule has 0 aromatic heterocycles. The first-order valence-corrected chi connectivity index (χ1v) is 10.3. The molecule has 1 aromatic rings. The SMILES string of the molecule is C=C(C)C(=O)OCCOC(=O)c1ccc(C(=O)OCCO[C@H]2OC(CO)[C@@H](O)C(O)C2O)cc1. The highest BCUT2D eigenvalue weighted by atomic mass is 16.7. The molecule has 34 heavy (non-hydrogen) atoms. The van der Waals surface area contributed by atoms with Gasteiger partial charge >= 0.3 is 17.9 Å². The third-order valence-corrected chi connectivity index (χ3v) is 4.70. The largest absolute Gasteiger partial charge is 0.460 e. The Morgan fingerprint density at radius 1 is 0.853 bits per heavy atom. The molecule has 12 nitrogen and oxygen atoms in total. The summed E-state index contributed by atoms with van der Waals surface area (Å²) < 4.78 is 25.2. The van der Waals surface area contributed by atoms with Gasteiger partial charge in [-0.25, -0.2) is 14.4 Å². The maximum atomic E-state index is 12.1. The van der Waals surface area contributed by atoms with E-state index in [0.29, 0.717) is 0 Å². The van der Waals surface area contributed by atoms with Crippen LogP contribution in [-0.4, -0.2) is 102 Å². The predicted molar refractivity (Wildman–Crippen MR) is 112 cm³/mol. The van der Waals surface area contributed by atoms with Crippen LogP contribution in [0.3, 0.4) is 0 Å². The van der Waals surface area contributed by atoms with Crippen molar-refractivity contribution in [2.24, 2.45) is 0 Å². The average molecular weight is 484 g/mol. The van der Waals surface area contributed by atoms with Crippen molar-refractivity contribution in [1.29, 1.82) is 0 Å². The van der Waals surface area contributed by atoms with Crippen molar-refractivity contribution in [3.8, 4) is 0 Å². The van der Waals surface area contributed by atoms with Crippen molar-refractivity contribution in [3.63, 3.8) is 0 Å². The molecule has 0 bridgehead atoms. The van der Waals surface area contributed by atoms with E-state index in [1.54, 1.807) is 0 Å². The lowest BCUT2D eigenvalue weighted by Crippen LogP contribution is -2.59. The van der Waals surface area contributed by atoms with Gasteiger partial charge in [-0.05, 0) is 31.2 Å². The first-order valence-electron chi connectivity index (χ1n) is 10.3. The van der Waals surface area contributed by atoms with Crippen LogP contribution < -0.4 is 0 Å². The molecule has 1 fully saturated rings. The van der Waals surface area contributed by atoms with Crippen LogP contribution >= 0.6 is 0 Å². The number of ether oxygens (including phenoxy) is 5. The summed E-state index contributed by atoms with van der Waals surface area (Å²) in [5.41, 5.74) is 0.558. The molecule has 2 rings (SSSR count). The van der Waals surface area contributed by atoms with Gasteiger partial charge in [-0.1, -0.05) is 6.58 Å². The summed E-state index contributed by atoms with van der Waals surface area (Å²) in [4.78, 5) is 35.4. The molecule has 1 aliphatic rings. The highest BCUT2D eigenvalue weighted by molar-refractivity contribution is 5.93. The van der Waals surface area contributed by atoms with Gasteiger partial charge in [0.05, 0.1) is 24.3 Å². The van der Waals surface area contributed by atoms with Crippen molar-refractivity contribution in [2.75, 3.05) is 33.0 Å². The molecule has 3 unspecified atom stereocenters. The second kappa shape index (κ2) is 13.1. The van der Waals surface area contributed by atoms with Crippen LogP contribution in [0.2, 0.25) is 0 Å². The molecule has 1 aromatic carbocycles. The Hall–Kier alpha value is -2.87.